The zero-order valence-corrected chi connectivity index (χ0v) is 16.7. The Bertz CT molecular complexity index is 502. The van der Waals surface area contributed by atoms with Gasteiger partial charge in [-0.25, -0.2) is 9.59 Å². The van der Waals surface area contributed by atoms with E-state index < -0.39 is 41.4 Å². The molecule has 27 heavy (non-hydrogen) atoms. The summed E-state index contributed by atoms with van der Waals surface area (Å²) in [6.45, 7) is 9.90. The molecule has 0 aliphatic carbocycles. The average molecular weight is 390 g/mol. The van der Waals surface area contributed by atoms with Gasteiger partial charge in [0.2, 0.25) is 0 Å². The first-order chi connectivity index (χ1) is 12.2. The Morgan fingerprint density at radius 1 is 0.815 bits per heavy atom. The van der Waals surface area contributed by atoms with Gasteiger partial charge in [0.1, 0.15) is 17.3 Å². The molecule has 0 heterocycles. The van der Waals surface area contributed by atoms with E-state index in [-0.39, 0.29) is 25.9 Å². The van der Waals surface area contributed by atoms with Gasteiger partial charge in [-0.05, 0) is 41.5 Å². The van der Waals surface area contributed by atoms with Crippen molar-refractivity contribution in [1.29, 1.82) is 0 Å². The van der Waals surface area contributed by atoms with E-state index in [4.69, 9.17) is 19.3 Å². The molecule has 0 spiro atoms. The molecule has 10 nitrogen and oxygen atoms in total. The fraction of sp³-hybridized carbons (Fsp3) is 0.765. The van der Waals surface area contributed by atoms with Crippen molar-refractivity contribution in [2.24, 2.45) is 0 Å². The van der Waals surface area contributed by atoms with Crippen molar-refractivity contribution >= 4 is 24.1 Å². The predicted molar refractivity (Wildman–Crippen MR) is 95.2 cm³/mol. The number of hydrogen-bond donors (Lipinski definition) is 3. The van der Waals surface area contributed by atoms with Gasteiger partial charge in [0.05, 0.1) is 25.9 Å². The maximum absolute atomic E-state index is 11.7. The lowest BCUT2D eigenvalue weighted by Crippen LogP contribution is -2.44. The highest BCUT2D eigenvalue weighted by atomic mass is 16.6. The van der Waals surface area contributed by atoms with Gasteiger partial charge >= 0.3 is 24.1 Å². The van der Waals surface area contributed by atoms with Crippen molar-refractivity contribution in [3.8, 4) is 0 Å². The predicted octanol–water partition coefficient (Wildman–Crippen LogP) is 1.81. The number of aliphatic carboxylic acids is 1. The number of nitrogens with one attached hydrogen (secondary N) is 2. The highest BCUT2D eigenvalue weighted by Crippen LogP contribution is 2.08. The second-order valence-corrected chi connectivity index (χ2v) is 7.77. The Morgan fingerprint density at radius 3 is 1.56 bits per heavy atom. The number of carboxylic acid groups (broad SMARTS) is 1. The Labute approximate surface area is 158 Å². The van der Waals surface area contributed by atoms with E-state index in [2.05, 4.69) is 10.6 Å². The largest absolute Gasteiger partial charge is 0.481 e. The van der Waals surface area contributed by atoms with Gasteiger partial charge in [0.25, 0.3) is 0 Å². The van der Waals surface area contributed by atoms with E-state index in [9.17, 15) is 19.2 Å². The fourth-order valence-electron chi connectivity index (χ4n) is 1.63. The molecule has 0 saturated carbocycles. The van der Waals surface area contributed by atoms with Gasteiger partial charge in [-0.3, -0.25) is 9.59 Å². The molecule has 0 aliphatic heterocycles. The molecule has 0 fully saturated rings. The summed E-state index contributed by atoms with van der Waals surface area (Å²) in [6, 6.07) is 0. The minimum Gasteiger partial charge on any atom is -0.481 e. The van der Waals surface area contributed by atoms with Crippen LogP contribution in [0, 0.1) is 0 Å². The van der Waals surface area contributed by atoms with Crippen molar-refractivity contribution in [1.82, 2.24) is 10.6 Å². The van der Waals surface area contributed by atoms with Gasteiger partial charge < -0.3 is 30.0 Å². The minimum absolute atomic E-state index is 0.135. The van der Waals surface area contributed by atoms with Crippen LogP contribution in [0.15, 0.2) is 0 Å². The normalized spacial score (nSPS) is 11.5. The molecule has 0 unspecified atom stereocenters. The second kappa shape index (κ2) is 10.6. The summed E-state index contributed by atoms with van der Waals surface area (Å²) in [5.74, 6) is -1.90. The van der Waals surface area contributed by atoms with Crippen molar-refractivity contribution in [3.63, 3.8) is 0 Å². The number of alkyl carbamates (subject to hydrolysis) is 2. The quantitative estimate of drug-likeness (QED) is 0.421. The molecule has 156 valence electrons. The molecule has 0 bridgehead atoms. The molecule has 3 N–H and O–H groups in total. The lowest BCUT2D eigenvalue weighted by molar-refractivity contribution is -0.151. The Hall–Kier alpha value is -2.52. The van der Waals surface area contributed by atoms with E-state index >= 15 is 0 Å². The van der Waals surface area contributed by atoms with E-state index in [0.717, 1.165) is 0 Å². The van der Waals surface area contributed by atoms with Gasteiger partial charge in [0, 0.05) is 0 Å². The van der Waals surface area contributed by atoms with E-state index in [1.165, 1.54) is 0 Å². The number of carbonyl (C=O) groups excluding carboxylic acids is 3. The van der Waals surface area contributed by atoms with Crippen LogP contribution < -0.4 is 10.6 Å². The second-order valence-electron chi connectivity index (χ2n) is 7.77. The lowest BCUT2D eigenvalue weighted by Gasteiger charge is -2.23. The number of rotatable bonds is 8. The molecule has 0 aromatic heterocycles. The summed E-state index contributed by atoms with van der Waals surface area (Å²) in [7, 11) is 0. The number of hydrogen-bond acceptors (Lipinski definition) is 7. The smallest absolute Gasteiger partial charge is 0.407 e. The minimum atomic E-state index is -1.14. The van der Waals surface area contributed by atoms with Gasteiger partial charge in [0.15, 0.2) is 0 Å². The molecule has 0 aromatic carbocycles. The third-order valence-corrected chi connectivity index (χ3v) is 2.59. The topological polar surface area (TPSA) is 140 Å². The summed E-state index contributed by atoms with van der Waals surface area (Å²) in [5, 5.41) is 13.5. The van der Waals surface area contributed by atoms with Crippen LogP contribution in [0.3, 0.4) is 0 Å². The Morgan fingerprint density at radius 2 is 1.22 bits per heavy atom. The molecule has 0 radical (unpaired) electrons. The highest BCUT2D eigenvalue weighted by Gasteiger charge is 2.22. The first-order valence-electron chi connectivity index (χ1n) is 8.53. The van der Waals surface area contributed by atoms with Crippen LogP contribution >= 0.6 is 0 Å². The molecule has 0 atom stereocenters. The zero-order valence-electron chi connectivity index (χ0n) is 16.7. The number of carbonyl (C=O) groups is 4. The van der Waals surface area contributed by atoms with Crippen LogP contribution in [0.4, 0.5) is 9.59 Å². The van der Waals surface area contributed by atoms with Crippen molar-refractivity contribution in [3.05, 3.63) is 0 Å². The molecule has 0 rings (SSSR count). The Kier molecular flexibility index (Phi) is 9.60. The highest BCUT2D eigenvalue weighted by molar-refractivity contribution is 5.76. The monoisotopic (exact) mass is 390 g/mol. The maximum Gasteiger partial charge on any atom is 0.407 e. The van der Waals surface area contributed by atoms with Crippen molar-refractivity contribution < 1.29 is 38.5 Å². The first kappa shape index (κ1) is 24.5. The number of esters is 1. The van der Waals surface area contributed by atoms with Crippen LogP contribution in [0.5, 0.6) is 0 Å². The first-order valence-corrected chi connectivity index (χ1v) is 8.53. The number of amides is 2. The third kappa shape index (κ3) is 15.5. The van der Waals surface area contributed by atoms with Gasteiger partial charge in [-0.15, -0.1) is 0 Å². The lowest BCUT2D eigenvalue weighted by atomic mass is 10.2. The van der Waals surface area contributed by atoms with Crippen LogP contribution in [0.2, 0.25) is 0 Å². The zero-order chi connectivity index (χ0) is 21.3. The van der Waals surface area contributed by atoms with Crippen molar-refractivity contribution in [2.45, 2.75) is 71.7 Å². The van der Waals surface area contributed by atoms with Crippen molar-refractivity contribution in [2.75, 3.05) is 13.1 Å². The molecular weight excluding hydrogens is 360 g/mol. The van der Waals surface area contributed by atoms with E-state index in [0.29, 0.717) is 0 Å². The summed E-state index contributed by atoms with van der Waals surface area (Å²) >= 11 is 0. The molecule has 0 saturated heterocycles. The summed E-state index contributed by atoms with van der Waals surface area (Å²) in [5.41, 5.74) is -1.40. The van der Waals surface area contributed by atoms with Crippen LogP contribution in [0.25, 0.3) is 0 Å². The van der Waals surface area contributed by atoms with Gasteiger partial charge in [-0.2, -0.15) is 0 Å². The molecular formula is C17H30N2O8. The molecule has 2 amide bonds. The SMILES string of the molecule is CC(C)(C)OC(=O)NCC(CNC(=O)OC(C)(C)C)OC(=O)CCC(=O)O. The third-order valence-electron chi connectivity index (χ3n) is 2.59. The summed E-state index contributed by atoms with van der Waals surface area (Å²) < 4.78 is 15.3. The van der Waals surface area contributed by atoms with Crippen LogP contribution in [0.1, 0.15) is 54.4 Å². The Balaban J connectivity index is 4.69. The number of ether oxygens (including phenoxy) is 3. The molecule has 0 aliphatic rings. The fourth-order valence-corrected chi connectivity index (χ4v) is 1.63. The number of carboxylic acids is 1. The van der Waals surface area contributed by atoms with Gasteiger partial charge in [-0.1, -0.05) is 0 Å². The van der Waals surface area contributed by atoms with E-state index in [1.54, 1.807) is 41.5 Å². The van der Waals surface area contributed by atoms with Crippen LogP contribution in [-0.4, -0.2) is 59.6 Å². The average Bonchev–Trinajstić information content (AvgIpc) is 2.44. The molecule has 10 heteroatoms. The standard InChI is InChI=1S/C17H30N2O8/c1-16(2,3)26-14(23)18-9-11(25-13(22)8-7-12(20)21)10-19-15(24)27-17(4,5)6/h11H,7-10H2,1-6H3,(H,18,23)(H,19,24)(H,20,21). The summed E-state index contributed by atoms with van der Waals surface area (Å²) in [4.78, 5) is 45.7. The molecule has 0 aromatic rings. The maximum atomic E-state index is 11.7. The van der Waals surface area contributed by atoms with E-state index in [1.807, 2.05) is 0 Å². The summed E-state index contributed by atoms with van der Waals surface area (Å²) in [6.07, 6.45) is -3.07. The van der Waals surface area contributed by atoms with Crippen LogP contribution in [-0.2, 0) is 23.8 Å².